The molecular weight excluding hydrogens is 344 g/mol. The van der Waals surface area contributed by atoms with E-state index in [0.29, 0.717) is 26.3 Å². The van der Waals surface area contributed by atoms with Crippen molar-refractivity contribution < 1.29 is 14.3 Å². The first kappa shape index (κ1) is 19.0. The van der Waals surface area contributed by atoms with E-state index < -0.39 is 6.04 Å². The van der Waals surface area contributed by atoms with Crippen LogP contribution in [-0.2, 0) is 9.53 Å². The van der Waals surface area contributed by atoms with Crippen molar-refractivity contribution in [1.29, 1.82) is 0 Å². The minimum atomic E-state index is -0.427. The number of aromatic nitrogens is 1. The van der Waals surface area contributed by atoms with Gasteiger partial charge in [-0.3, -0.25) is 14.7 Å². The molecule has 7 heteroatoms. The molecule has 0 bridgehead atoms. The van der Waals surface area contributed by atoms with E-state index in [2.05, 4.69) is 20.4 Å². The van der Waals surface area contributed by atoms with E-state index in [1.165, 1.54) is 0 Å². The lowest BCUT2D eigenvalue weighted by molar-refractivity contribution is -0.128. The van der Waals surface area contributed by atoms with Gasteiger partial charge in [-0.2, -0.15) is 5.10 Å². The number of hydrogen-bond donors (Lipinski definition) is 1. The Morgan fingerprint density at radius 3 is 2.48 bits per heavy atom. The SMILES string of the molecule is COc1ccc(C(C)=NNC(=O)C(c2ccncc2)N2CCOCC2)cc1. The number of carbonyl (C=O) groups is 1. The number of amides is 1. The minimum absolute atomic E-state index is 0.170. The average Bonchev–Trinajstić information content (AvgIpc) is 2.74. The van der Waals surface area contributed by atoms with Crippen LogP contribution in [0.4, 0.5) is 0 Å². The van der Waals surface area contributed by atoms with Gasteiger partial charge < -0.3 is 9.47 Å². The van der Waals surface area contributed by atoms with Gasteiger partial charge in [-0.15, -0.1) is 0 Å². The number of nitrogens with zero attached hydrogens (tertiary/aromatic N) is 3. The lowest BCUT2D eigenvalue weighted by Gasteiger charge is -2.33. The van der Waals surface area contributed by atoms with Crippen LogP contribution in [0.2, 0.25) is 0 Å². The Bertz CT molecular complexity index is 772. The van der Waals surface area contributed by atoms with E-state index in [1.54, 1.807) is 19.5 Å². The molecule has 1 aromatic heterocycles. The van der Waals surface area contributed by atoms with Gasteiger partial charge in [0.15, 0.2) is 0 Å². The fraction of sp³-hybridized carbons (Fsp3) is 0.350. The van der Waals surface area contributed by atoms with Gasteiger partial charge in [-0.25, -0.2) is 5.43 Å². The quantitative estimate of drug-likeness (QED) is 0.623. The first-order valence-electron chi connectivity index (χ1n) is 8.89. The summed E-state index contributed by atoms with van der Waals surface area (Å²) in [6.45, 7) is 4.48. The van der Waals surface area contributed by atoms with Gasteiger partial charge in [0.05, 0.1) is 26.0 Å². The molecule has 7 nitrogen and oxygen atoms in total. The van der Waals surface area contributed by atoms with Gasteiger partial charge in [0, 0.05) is 25.5 Å². The summed E-state index contributed by atoms with van der Waals surface area (Å²) in [4.78, 5) is 19.1. The molecule has 1 aromatic carbocycles. The largest absolute Gasteiger partial charge is 0.497 e. The van der Waals surface area contributed by atoms with Crippen LogP contribution in [0.3, 0.4) is 0 Å². The summed E-state index contributed by atoms with van der Waals surface area (Å²) in [6.07, 6.45) is 3.39. The van der Waals surface area contributed by atoms with E-state index in [-0.39, 0.29) is 5.91 Å². The highest BCUT2D eigenvalue weighted by atomic mass is 16.5. The first-order valence-corrected chi connectivity index (χ1v) is 8.89. The topological polar surface area (TPSA) is 76.0 Å². The highest BCUT2D eigenvalue weighted by molar-refractivity contribution is 5.99. The van der Waals surface area contributed by atoms with Crippen molar-refractivity contribution in [2.75, 3.05) is 33.4 Å². The number of hydrogen-bond acceptors (Lipinski definition) is 6. The maximum Gasteiger partial charge on any atom is 0.262 e. The molecular formula is C20H24N4O3. The first-order chi connectivity index (χ1) is 13.2. The summed E-state index contributed by atoms with van der Waals surface area (Å²) in [7, 11) is 1.63. The molecule has 1 atom stereocenters. The number of carbonyl (C=O) groups excluding carboxylic acids is 1. The fourth-order valence-corrected chi connectivity index (χ4v) is 3.01. The van der Waals surface area contributed by atoms with Crippen molar-refractivity contribution in [2.24, 2.45) is 5.10 Å². The van der Waals surface area contributed by atoms with E-state index in [9.17, 15) is 4.79 Å². The molecule has 1 saturated heterocycles. The molecule has 1 aliphatic rings. The monoisotopic (exact) mass is 368 g/mol. The summed E-state index contributed by atoms with van der Waals surface area (Å²) in [5.74, 6) is 0.608. The van der Waals surface area contributed by atoms with Crippen molar-refractivity contribution in [1.82, 2.24) is 15.3 Å². The molecule has 1 aliphatic heterocycles. The van der Waals surface area contributed by atoms with Crippen LogP contribution in [0.25, 0.3) is 0 Å². The molecule has 0 aliphatic carbocycles. The third-order valence-electron chi connectivity index (χ3n) is 4.52. The molecule has 2 aromatic rings. The highest BCUT2D eigenvalue weighted by Crippen LogP contribution is 2.21. The molecule has 142 valence electrons. The van der Waals surface area contributed by atoms with Crippen LogP contribution in [0.5, 0.6) is 5.75 Å². The number of ether oxygens (including phenoxy) is 2. The van der Waals surface area contributed by atoms with Crippen LogP contribution >= 0.6 is 0 Å². The Balaban J connectivity index is 1.75. The zero-order chi connectivity index (χ0) is 19.1. The van der Waals surface area contributed by atoms with Crippen molar-refractivity contribution in [3.8, 4) is 5.75 Å². The van der Waals surface area contributed by atoms with Gasteiger partial charge in [-0.1, -0.05) is 0 Å². The molecule has 3 rings (SSSR count). The zero-order valence-electron chi connectivity index (χ0n) is 15.6. The van der Waals surface area contributed by atoms with Crippen LogP contribution < -0.4 is 10.2 Å². The lowest BCUT2D eigenvalue weighted by Crippen LogP contribution is -2.45. The number of methoxy groups -OCH3 is 1. The van der Waals surface area contributed by atoms with Crippen molar-refractivity contribution in [3.63, 3.8) is 0 Å². The van der Waals surface area contributed by atoms with E-state index in [1.807, 2.05) is 43.3 Å². The van der Waals surface area contributed by atoms with E-state index in [4.69, 9.17) is 9.47 Å². The molecule has 0 saturated carbocycles. The van der Waals surface area contributed by atoms with Gasteiger partial charge in [0.1, 0.15) is 11.8 Å². The summed E-state index contributed by atoms with van der Waals surface area (Å²) < 4.78 is 10.6. The van der Waals surface area contributed by atoms with Crippen LogP contribution in [0.1, 0.15) is 24.1 Å². The van der Waals surface area contributed by atoms with Gasteiger partial charge in [0.25, 0.3) is 5.91 Å². The fourth-order valence-electron chi connectivity index (χ4n) is 3.01. The maximum absolute atomic E-state index is 12.9. The second kappa shape index (κ2) is 9.25. The minimum Gasteiger partial charge on any atom is -0.497 e. The second-order valence-electron chi connectivity index (χ2n) is 6.23. The Kier molecular flexibility index (Phi) is 6.51. The predicted octanol–water partition coefficient (Wildman–Crippen LogP) is 2.00. The number of hydrazone groups is 1. The Morgan fingerprint density at radius 2 is 1.85 bits per heavy atom. The van der Waals surface area contributed by atoms with Gasteiger partial charge >= 0.3 is 0 Å². The normalized spacial score (nSPS) is 16.6. The summed E-state index contributed by atoms with van der Waals surface area (Å²) in [5.41, 5.74) is 5.25. The molecule has 0 spiro atoms. The van der Waals surface area contributed by atoms with Crippen molar-refractivity contribution >= 4 is 11.6 Å². The van der Waals surface area contributed by atoms with E-state index in [0.717, 1.165) is 22.6 Å². The van der Waals surface area contributed by atoms with Gasteiger partial charge in [0.2, 0.25) is 0 Å². The zero-order valence-corrected chi connectivity index (χ0v) is 15.6. The number of rotatable bonds is 6. The molecule has 2 heterocycles. The molecule has 1 unspecified atom stereocenters. The van der Waals surface area contributed by atoms with E-state index >= 15 is 0 Å². The number of benzene rings is 1. The molecule has 1 fully saturated rings. The molecule has 1 N–H and O–H groups in total. The second-order valence-corrected chi connectivity index (χ2v) is 6.23. The smallest absolute Gasteiger partial charge is 0.262 e. The molecule has 27 heavy (non-hydrogen) atoms. The molecule has 0 radical (unpaired) electrons. The van der Waals surface area contributed by atoms with Gasteiger partial charge in [-0.05, 0) is 54.4 Å². The Labute approximate surface area is 159 Å². The van der Waals surface area contributed by atoms with Crippen LogP contribution in [-0.4, -0.2) is 54.9 Å². The van der Waals surface area contributed by atoms with Crippen molar-refractivity contribution in [3.05, 3.63) is 59.9 Å². The third-order valence-corrected chi connectivity index (χ3v) is 4.52. The standard InChI is InChI=1S/C20H24N4O3/c1-15(16-3-5-18(26-2)6-4-16)22-23-20(25)19(17-7-9-21-10-8-17)24-11-13-27-14-12-24/h3-10,19H,11-14H2,1-2H3,(H,23,25). The number of morpholine rings is 1. The Morgan fingerprint density at radius 1 is 1.19 bits per heavy atom. The van der Waals surface area contributed by atoms with Crippen LogP contribution in [0, 0.1) is 0 Å². The predicted molar refractivity (Wildman–Crippen MR) is 103 cm³/mol. The summed E-state index contributed by atoms with van der Waals surface area (Å²) in [5, 5.41) is 4.29. The number of pyridine rings is 1. The Hall–Kier alpha value is -2.77. The van der Waals surface area contributed by atoms with Crippen LogP contribution in [0.15, 0.2) is 53.9 Å². The molecule has 1 amide bonds. The maximum atomic E-state index is 12.9. The van der Waals surface area contributed by atoms with Crippen molar-refractivity contribution in [2.45, 2.75) is 13.0 Å². The average molecular weight is 368 g/mol. The summed E-state index contributed by atoms with van der Waals surface area (Å²) in [6, 6.07) is 10.8. The highest BCUT2D eigenvalue weighted by Gasteiger charge is 2.29. The lowest BCUT2D eigenvalue weighted by atomic mass is 10.1. The summed E-state index contributed by atoms with van der Waals surface area (Å²) >= 11 is 0. The third kappa shape index (κ3) is 4.90. The number of nitrogens with one attached hydrogen (secondary N) is 1.